The largest absolute Gasteiger partial charge is 0.361 e. The van der Waals surface area contributed by atoms with Crippen LogP contribution in [0.5, 0.6) is 0 Å². The van der Waals surface area contributed by atoms with Crippen LogP contribution in [-0.4, -0.2) is 0 Å². The van der Waals surface area contributed by atoms with Crippen molar-refractivity contribution in [3.8, 4) is 22.6 Å². The molecule has 98 valence electrons. The van der Waals surface area contributed by atoms with Crippen LogP contribution in [0, 0.1) is 0 Å². The molecular formula is C19H17O+. The fourth-order valence-electron chi connectivity index (χ4n) is 2.25. The van der Waals surface area contributed by atoms with Crippen LogP contribution in [0.4, 0.5) is 0 Å². The molecule has 0 atom stereocenters. The van der Waals surface area contributed by atoms with Crippen molar-refractivity contribution in [2.45, 2.75) is 13.3 Å². The highest BCUT2D eigenvalue weighted by Gasteiger charge is 2.18. The SMILES string of the molecule is CCc1cc(-c2ccccc2)[o+]c(-c2ccccc2)c1. The first-order valence-corrected chi connectivity index (χ1v) is 6.94. The van der Waals surface area contributed by atoms with E-state index in [0.29, 0.717) is 0 Å². The molecule has 0 unspecified atom stereocenters. The van der Waals surface area contributed by atoms with Crippen molar-refractivity contribution in [1.82, 2.24) is 0 Å². The number of hydrogen-bond donors (Lipinski definition) is 0. The average molecular weight is 261 g/mol. The topological polar surface area (TPSA) is 11.3 Å². The van der Waals surface area contributed by atoms with Gasteiger partial charge in [-0.15, -0.1) is 0 Å². The molecule has 1 aromatic heterocycles. The van der Waals surface area contributed by atoms with E-state index in [1.807, 2.05) is 36.4 Å². The van der Waals surface area contributed by atoms with E-state index in [-0.39, 0.29) is 0 Å². The Morgan fingerprint density at radius 1 is 0.700 bits per heavy atom. The normalized spacial score (nSPS) is 10.4. The maximum Gasteiger partial charge on any atom is 0.361 e. The maximum atomic E-state index is 6.09. The summed E-state index contributed by atoms with van der Waals surface area (Å²) in [6.07, 6.45) is 0.996. The molecule has 1 heterocycles. The molecule has 0 saturated heterocycles. The van der Waals surface area contributed by atoms with Gasteiger partial charge >= 0.3 is 11.5 Å². The molecule has 0 radical (unpaired) electrons. The van der Waals surface area contributed by atoms with E-state index < -0.39 is 0 Å². The van der Waals surface area contributed by atoms with E-state index in [9.17, 15) is 0 Å². The van der Waals surface area contributed by atoms with Gasteiger partial charge in [0, 0.05) is 12.1 Å². The molecule has 0 amide bonds. The van der Waals surface area contributed by atoms with Crippen LogP contribution >= 0.6 is 0 Å². The van der Waals surface area contributed by atoms with Crippen molar-refractivity contribution in [3.05, 3.63) is 78.4 Å². The monoisotopic (exact) mass is 261 g/mol. The highest BCUT2D eigenvalue weighted by molar-refractivity contribution is 5.64. The molecule has 0 saturated carbocycles. The summed E-state index contributed by atoms with van der Waals surface area (Å²) in [5, 5.41) is 0. The van der Waals surface area contributed by atoms with Gasteiger partial charge in [-0.25, -0.2) is 4.42 Å². The molecule has 1 heteroatoms. The van der Waals surface area contributed by atoms with Gasteiger partial charge in [-0.3, -0.25) is 0 Å². The Morgan fingerprint density at radius 2 is 1.15 bits per heavy atom. The first-order valence-electron chi connectivity index (χ1n) is 6.94. The number of benzene rings is 2. The second-order valence-electron chi connectivity index (χ2n) is 4.78. The van der Waals surface area contributed by atoms with Crippen molar-refractivity contribution in [3.63, 3.8) is 0 Å². The van der Waals surface area contributed by atoms with Gasteiger partial charge in [-0.2, -0.15) is 0 Å². The zero-order valence-electron chi connectivity index (χ0n) is 11.5. The summed E-state index contributed by atoms with van der Waals surface area (Å²) >= 11 is 0. The van der Waals surface area contributed by atoms with Crippen molar-refractivity contribution in [1.29, 1.82) is 0 Å². The van der Waals surface area contributed by atoms with Crippen molar-refractivity contribution >= 4 is 0 Å². The minimum absolute atomic E-state index is 0.920. The van der Waals surface area contributed by atoms with Crippen LogP contribution in [0.2, 0.25) is 0 Å². The summed E-state index contributed by atoms with van der Waals surface area (Å²) in [6.45, 7) is 2.17. The lowest BCUT2D eigenvalue weighted by Gasteiger charge is -1.98. The van der Waals surface area contributed by atoms with Gasteiger partial charge < -0.3 is 0 Å². The molecule has 3 rings (SSSR count). The smallest absolute Gasteiger partial charge is 0.207 e. The van der Waals surface area contributed by atoms with Gasteiger partial charge in [0.2, 0.25) is 0 Å². The highest BCUT2D eigenvalue weighted by Crippen LogP contribution is 2.28. The van der Waals surface area contributed by atoms with Gasteiger partial charge in [0.25, 0.3) is 0 Å². The molecule has 0 N–H and O–H groups in total. The molecule has 3 aromatic rings. The second kappa shape index (κ2) is 5.70. The first-order chi connectivity index (χ1) is 9.86. The molecular weight excluding hydrogens is 244 g/mol. The number of aryl methyl sites for hydroxylation is 1. The van der Waals surface area contributed by atoms with Crippen molar-refractivity contribution in [2.24, 2.45) is 0 Å². The van der Waals surface area contributed by atoms with Gasteiger partial charge in [-0.1, -0.05) is 43.3 Å². The fraction of sp³-hybridized carbons (Fsp3) is 0.105. The van der Waals surface area contributed by atoms with Crippen LogP contribution in [-0.2, 0) is 6.42 Å². The summed E-state index contributed by atoms with van der Waals surface area (Å²) in [5.41, 5.74) is 3.51. The Kier molecular flexibility index (Phi) is 3.60. The predicted octanol–water partition coefficient (Wildman–Crippen LogP) is 5.46. The Labute approximate surface area is 119 Å². The predicted molar refractivity (Wildman–Crippen MR) is 83.4 cm³/mol. The minimum Gasteiger partial charge on any atom is -0.207 e. The molecule has 0 aliphatic carbocycles. The maximum absolute atomic E-state index is 6.09. The van der Waals surface area contributed by atoms with Gasteiger partial charge in [-0.05, 0) is 36.2 Å². The number of hydrogen-bond acceptors (Lipinski definition) is 0. The summed E-state index contributed by atoms with van der Waals surface area (Å²) in [4.78, 5) is 0. The lowest BCUT2D eigenvalue weighted by molar-refractivity contribution is 0.579. The quantitative estimate of drug-likeness (QED) is 0.570. The summed E-state index contributed by atoms with van der Waals surface area (Å²) in [5.74, 6) is 1.84. The van der Waals surface area contributed by atoms with E-state index in [0.717, 1.165) is 29.1 Å². The van der Waals surface area contributed by atoms with Crippen molar-refractivity contribution in [2.75, 3.05) is 0 Å². The second-order valence-corrected chi connectivity index (χ2v) is 4.78. The van der Waals surface area contributed by atoms with E-state index in [2.05, 4.69) is 43.3 Å². The zero-order chi connectivity index (χ0) is 13.8. The van der Waals surface area contributed by atoms with E-state index >= 15 is 0 Å². The Bertz CT molecular complexity index is 630. The Balaban J connectivity index is 2.13. The molecule has 1 nitrogen and oxygen atoms in total. The van der Waals surface area contributed by atoms with Crippen LogP contribution in [0.3, 0.4) is 0 Å². The minimum atomic E-state index is 0.920. The average Bonchev–Trinajstić information content (AvgIpc) is 2.56. The summed E-state index contributed by atoms with van der Waals surface area (Å²) in [6, 6.07) is 24.7. The lowest BCUT2D eigenvalue weighted by atomic mass is 10.1. The van der Waals surface area contributed by atoms with Gasteiger partial charge in [0.15, 0.2) is 0 Å². The Morgan fingerprint density at radius 3 is 1.55 bits per heavy atom. The van der Waals surface area contributed by atoms with E-state index in [1.54, 1.807) is 0 Å². The molecule has 0 fully saturated rings. The fourth-order valence-corrected chi connectivity index (χ4v) is 2.25. The van der Waals surface area contributed by atoms with Gasteiger partial charge in [0.1, 0.15) is 0 Å². The number of rotatable bonds is 3. The van der Waals surface area contributed by atoms with E-state index in [1.165, 1.54) is 5.56 Å². The molecule has 0 bridgehead atoms. The standard InChI is InChI=1S/C19H17O/c1-2-15-13-18(16-9-5-3-6-10-16)20-19(14-15)17-11-7-4-8-12-17/h3-14H,2H2,1H3/q+1. The van der Waals surface area contributed by atoms with E-state index in [4.69, 9.17) is 4.42 Å². The van der Waals surface area contributed by atoms with Crippen LogP contribution in [0.15, 0.2) is 77.2 Å². The molecule has 20 heavy (non-hydrogen) atoms. The first kappa shape index (κ1) is 12.6. The third-order valence-corrected chi connectivity index (χ3v) is 3.38. The zero-order valence-corrected chi connectivity index (χ0v) is 11.5. The Hall–Kier alpha value is -2.41. The molecule has 0 aliphatic rings. The third kappa shape index (κ3) is 2.62. The highest BCUT2D eigenvalue weighted by atomic mass is 16.3. The lowest BCUT2D eigenvalue weighted by Crippen LogP contribution is -1.87. The van der Waals surface area contributed by atoms with Crippen LogP contribution in [0.1, 0.15) is 12.5 Å². The van der Waals surface area contributed by atoms with Gasteiger partial charge in [0.05, 0.1) is 11.1 Å². The third-order valence-electron chi connectivity index (χ3n) is 3.38. The molecule has 0 aliphatic heterocycles. The molecule has 2 aromatic carbocycles. The summed E-state index contributed by atoms with van der Waals surface area (Å²) < 4.78 is 6.09. The van der Waals surface area contributed by atoms with Crippen molar-refractivity contribution < 1.29 is 4.42 Å². The summed E-state index contributed by atoms with van der Waals surface area (Å²) in [7, 11) is 0. The van der Waals surface area contributed by atoms with Crippen LogP contribution < -0.4 is 0 Å². The molecule has 0 spiro atoms. The van der Waals surface area contributed by atoms with Crippen LogP contribution in [0.25, 0.3) is 22.6 Å².